The number of anilines is 1. The summed E-state index contributed by atoms with van der Waals surface area (Å²) in [6.07, 6.45) is 6.00. The summed E-state index contributed by atoms with van der Waals surface area (Å²) in [7, 11) is 0. The van der Waals surface area contributed by atoms with Crippen molar-refractivity contribution in [3.8, 4) is 0 Å². The highest BCUT2D eigenvalue weighted by Gasteiger charge is 2.18. The van der Waals surface area contributed by atoms with E-state index in [1.54, 1.807) is 17.9 Å². The van der Waals surface area contributed by atoms with Crippen LogP contribution in [0.5, 0.6) is 0 Å². The average molecular weight is 381 g/mol. The minimum absolute atomic E-state index is 0.0426. The number of carbonyl (C=O) groups excluding carboxylic acids is 2. The van der Waals surface area contributed by atoms with Gasteiger partial charge in [-0.1, -0.05) is 51.6 Å². The molecule has 154 valence electrons. The van der Waals surface area contributed by atoms with E-state index >= 15 is 0 Å². The molecule has 7 heteroatoms. The Morgan fingerprint density at radius 3 is 2.37 bits per heavy atom. The first-order valence-corrected chi connectivity index (χ1v) is 10.2. The first-order chi connectivity index (χ1) is 13.0. The summed E-state index contributed by atoms with van der Waals surface area (Å²) in [4.78, 5) is 28.9. The van der Waals surface area contributed by atoms with Gasteiger partial charge in [0.25, 0.3) is 0 Å². The molecule has 1 aromatic rings. The second-order valence-corrected chi connectivity index (χ2v) is 6.88. The molecular formula is C20H36N4O3. The molecule has 27 heavy (non-hydrogen) atoms. The molecule has 0 atom stereocenters. The maximum absolute atomic E-state index is 12.7. The SMILES string of the molecule is CCCCCCCC(=O)N(CCN(CC)CC)CC(=O)Nc1cc(C)on1. The zero-order chi connectivity index (χ0) is 20.1. The van der Waals surface area contributed by atoms with Crippen molar-refractivity contribution in [2.75, 3.05) is 38.0 Å². The van der Waals surface area contributed by atoms with E-state index in [1.807, 2.05) is 0 Å². The van der Waals surface area contributed by atoms with Gasteiger partial charge in [0, 0.05) is 25.6 Å². The van der Waals surface area contributed by atoms with Crippen LogP contribution in [0.2, 0.25) is 0 Å². The molecule has 1 heterocycles. The summed E-state index contributed by atoms with van der Waals surface area (Å²) in [6, 6.07) is 1.66. The van der Waals surface area contributed by atoms with Crippen LogP contribution in [0.15, 0.2) is 10.6 Å². The second kappa shape index (κ2) is 13.3. The van der Waals surface area contributed by atoms with Crippen molar-refractivity contribution < 1.29 is 14.1 Å². The lowest BCUT2D eigenvalue weighted by Gasteiger charge is -2.26. The highest BCUT2D eigenvalue weighted by molar-refractivity contribution is 5.93. The molecule has 0 saturated carbocycles. The number of carbonyl (C=O) groups is 2. The summed E-state index contributed by atoms with van der Waals surface area (Å²) in [5, 5.41) is 6.46. The molecular weight excluding hydrogens is 344 g/mol. The van der Waals surface area contributed by atoms with Gasteiger partial charge in [-0.25, -0.2) is 0 Å². The van der Waals surface area contributed by atoms with Crippen molar-refractivity contribution in [3.05, 3.63) is 11.8 Å². The zero-order valence-corrected chi connectivity index (χ0v) is 17.4. The third-order valence-electron chi connectivity index (χ3n) is 4.66. The molecule has 0 aliphatic carbocycles. The number of hydrogen-bond donors (Lipinski definition) is 1. The van der Waals surface area contributed by atoms with Crippen molar-refractivity contribution in [2.24, 2.45) is 0 Å². The highest BCUT2D eigenvalue weighted by Crippen LogP contribution is 2.09. The van der Waals surface area contributed by atoms with Gasteiger partial charge in [-0.05, 0) is 26.4 Å². The molecule has 7 nitrogen and oxygen atoms in total. The summed E-state index contributed by atoms with van der Waals surface area (Å²) in [6.45, 7) is 11.4. The van der Waals surface area contributed by atoms with Crippen LogP contribution in [-0.2, 0) is 9.59 Å². The van der Waals surface area contributed by atoms with Gasteiger partial charge in [0.2, 0.25) is 11.8 Å². The van der Waals surface area contributed by atoms with E-state index in [0.29, 0.717) is 24.5 Å². The molecule has 0 spiro atoms. The first-order valence-electron chi connectivity index (χ1n) is 10.2. The van der Waals surface area contributed by atoms with Crippen LogP contribution in [-0.4, -0.2) is 59.5 Å². The number of nitrogens with zero attached hydrogens (tertiary/aromatic N) is 3. The predicted molar refractivity (Wildman–Crippen MR) is 108 cm³/mol. The van der Waals surface area contributed by atoms with Gasteiger partial charge in [0.15, 0.2) is 5.82 Å². The minimum Gasteiger partial charge on any atom is -0.360 e. The van der Waals surface area contributed by atoms with Crippen molar-refractivity contribution in [1.29, 1.82) is 0 Å². The van der Waals surface area contributed by atoms with Gasteiger partial charge in [0.1, 0.15) is 5.76 Å². The lowest BCUT2D eigenvalue weighted by molar-refractivity contribution is -0.135. The normalized spacial score (nSPS) is 11.0. The first kappa shape index (κ1) is 23.1. The van der Waals surface area contributed by atoms with Gasteiger partial charge in [-0.2, -0.15) is 0 Å². The topological polar surface area (TPSA) is 78.7 Å². The van der Waals surface area contributed by atoms with Crippen LogP contribution in [0.1, 0.15) is 65.1 Å². The Morgan fingerprint density at radius 1 is 1.07 bits per heavy atom. The van der Waals surface area contributed by atoms with Crippen molar-refractivity contribution in [3.63, 3.8) is 0 Å². The van der Waals surface area contributed by atoms with Gasteiger partial charge in [-0.3, -0.25) is 9.59 Å². The highest BCUT2D eigenvalue weighted by atomic mass is 16.5. The van der Waals surface area contributed by atoms with Gasteiger partial charge < -0.3 is 19.6 Å². The largest absolute Gasteiger partial charge is 0.360 e. The molecule has 1 rings (SSSR count). The standard InChI is InChI=1S/C20H36N4O3/c1-5-8-9-10-11-12-20(26)24(14-13-23(6-2)7-3)16-19(25)21-18-15-17(4)27-22-18/h15H,5-14,16H2,1-4H3,(H,21,22,25). The number of unbranched alkanes of at least 4 members (excludes halogenated alkanes) is 4. The number of rotatable bonds is 14. The second-order valence-electron chi connectivity index (χ2n) is 6.88. The Labute approximate surface area is 163 Å². The Bertz CT molecular complexity index is 555. The zero-order valence-electron chi connectivity index (χ0n) is 17.4. The smallest absolute Gasteiger partial charge is 0.245 e. The van der Waals surface area contributed by atoms with Gasteiger partial charge in [0.05, 0.1) is 6.54 Å². The number of likely N-dealkylation sites (N-methyl/N-ethyl adjacent to an activating group) is 1. The number of hydrogen-bond acceptors (Lipinski definition) is 5. The fourth-order valence-electron chi connectivity index (χ4n) is 2.91. The molecule has 0 aliphatic rings. The van der Waals surface area contributed by atoms with Crippen LogP contribution in [0.3, 0.4) is 0 Å². The maximum Gasteiger partial charge on any atom is 0.245 e. The van der Waals surface area contributed by atoms with Crippen LogP contribution < -0.4 is 5.32 Å². The number of amides is 2. The number of aryl methyl sites for hydroxylation is 1. The summed E-state index contributed by atoms with van der Waals surface area (Å²) in [5.74, 6) is 0.812. The van der Waals surface area contributed by atoms with E-state index in [0.717, 1.165) is 38.9 Å². The quantitative estimate of drug-likeness (QED) is 0.500. The third-order valence-corrected chi connectivity index (χ3v) is 4.66. The Balaban J connectivity index is 2.57. The van der Waals surface area contributed by atoms with Crippen LogP contribution in [0, 0.1) is 6.92 Å². The van der Waals surface area contributed by atoms with E-state index in [9.17, 15) is 9.59 Å². The Morgan fingerprint density at radius 2 is 1.78 bits per heavy atom. The fourth-order valence-corrected chi connectivity index (χ4v) is 2.91. The van der Waals surface area contributed by atoms with Gasteiger partial charge in [-0.15, -0.1) is 0 Å². The Hall–Kier alpha value is -1.89. The molecule has 0 saturated heterocycles. The minimum atomic E-state index is -0.248. The molecule has 0 aliphatic heterocycles. The van der Waals surface area contributed by atoms with Crippen molar-refractivity contribution in [2.45, 2.75) is 66.2 Å². The Kier molecular flexibility index (Phi) is 11.4. The van der Waals surface area contributed by atoms with E-state index in [1.165, 1.54) is 12.8 Å². The molecule has 0 radical (unpaired) electrons. The van der Waals surface area contributed by atoms with Crippen molar-refractivity contribution >= 4 is 17.6 Å². The lowest BCUT2D eigenvalue weighted by Crippen LogP contribution is -2.42. The molecule has 1 aromatic heterocycles. The third kappa shape index (κ3) is 9.56. The lowest BCUT2D eigenvalue weighted by atomic mass is 10.1. The van der Waals surface area contributed by atoms with Gasteiger partial charge >= 0.3 is 0 Å². The summed E-state index contributed by atoms with van der Waals surface area (Å²) >= 11 is 0. The van der Waals surface area contributed by atoms with E-state index in [2.05, 4.69) is 36.1 Å². The van der Waals surface area contributed by atoms with Crippen LogP contribution in [0.25, 0.3) is 0 Å². The average Bonchev–Trinajstić information content (AvgIpc) is 3.05. The molecule has 0 bridgehead atoms. The fraction of sp³-hybridized carbons (Fsp3) is 0.750. The van der Waals surface area contributed by atoms with E-state index in [4.69, 9.17) is 4.52 Å². The van der Waals surface area contributed by atoms with Crippen LogP contribution >= 0.6 is 0 Å². The van der Waals surface area contributed by atoms with Crippen molar-refractivity contribution in [1.82, 2.24) is 15.0 Å². The number of aromatic nitrogens is 1. The maximum atomic E-state index is 12.7. The molecule has 0 fully saturated rings. The molecule has 0 unspecified atom stereocenters. The number of nitrogens with one attached hydrogen (secondary N) is 1. The molecule has 2 amide bonds. The predicted octanol–water partition coefficient (Wildman–Crippen LogP) is 3.45. The van der Waals surface area contributed by atoms with E-state index in [-0.39, 0.29) is 18.4 Å². The molecule has 1 N–H and O–H groups in total. The van der Waals surface area contributed by atoms with Crippen LogP contribution in [0.4, 0.5) is 5.82 Å². The van der Waals surface area contributed by atoms with E-state index < -0.39 is 0 Å². The summed E-state index contributed by atoms with van der Waals surface area (Å²) < 4.78 is 4.96. The summed E-state index contributed by atoms with van der Waals surface area (Å²) in [5.41, 5.74) is 0. The molecule has 0 aromatic carbocycles. The monoisotopic (exact) mass is 380 g/mol.